The largest absolute Gasteiger partial charge is 0.416 e. The molecule has 1 atom stereocenters. The lowest BCUT2D eigenvalue weighted by molar-refractivity contribution is -0.137. The summed E-state index contributed by atoms with van der Waals surface area (Å²) in [5.41, 5.74) is 7.39. The van der Waals surface area contributed by atoms with Crippen molar-refractivity contribution >= 4 is 33.5 Å². The highest BCUT2D eigenvalue weighted by Gasteiger charge is 2.29. The fraction of sp³-hybridized carbons (Fsp3) is 0.174. The van der Waals surface area contributed by atoms with Crippen LogP contribution in [-0.2, 0) is 12.6 Å². The third kappa shape index (κ3) is 4.95. The summed E-state index contributed by atoms with van der Waals surface area (Å²) < 4.78 is 38.1. The molecule has 0 bridgehead atoms. The van der Waals surface area contributed by atoms with E-state index in [0.717, 1.165) is 39.6 Å². The van der Waals surface area contributed by atoms with Crippen molar-refractivity contribution in [3.8, 4) is 10.4 Å². The predicted octanol–water partition coefficient (Wildman–Crippen LogP) is 5.17. The van der Waals surface area contributed by atoms with Crippen molar-refractivity contribution in [2.24, 2.45) is 5.73 Å². The van der Waals surface area contributed by atoms with E-state index >= 15 is 0 Å². The zero-order valence-electron chi connectivity index (χ0n) is 16.8. The molecule has 0 aliphatic heterocycles. The SMILES string of the molecule is N[C@H](CNc1nc(C=O)c(-c2ccc3cnccc3c2)s1)Cc1ccc(C(F)(F)F)cc1. The Kier molecular flexibility index (Phi) is 6.20. The molecule has 2 aromatic carbocycles. The lowest BCUT2D eigenvalue weighted by Crippen LogP contribution is -2.31. The lowest BCUT2D eigenvalue weighted by atomic mass is 10.0. The second-order valence-electron chi connectivity index (χ2n) is 7.33. The van der Waals surface area contributed by atoms with E-state index in [2.05, 4.69) is 15.3 Å². The number of fused-ring (bicyclic) bond motifs is 1. The third-order valence-corrected chi connectivity index (χ3v) is 6.04. The van der Waals surface area contributed by atoms with Crippen LogP contribution in [0.2, 0.25) is 0 Å². The Morgan fingerprint density at radius 1 is 1.09 bits per heavy atom. The van der Waals surface area contributed by atoms with Crippen LogP contribution in [0.1, 0.15) is 21.6 Å². The van der Waals surface area contributed by atoms with Crippen molar-refractivity contribution < 1.29 is 18.0 Å². The number of pyridine rings is 1. The molecule has 2 aromatic heterocycles. The molecular formula is C23H19F3N4OS. The monoisotopic (exact) mass is 456 g/mol. The summed E-state index contributed by atoms with van der Waals surface area (Å²) in [5.74, 6) is 0. The van der Waals surface area contributed by atoms with Crippen molar-refractivity contribution in [2.75, 3.05) is 11.9 Å². The van der Waals surface area contributed by atoms with Gasteiger partial charge in [0, 0.05) is 30.4 Å². The minimum Gasteiger partial charge on any atom is -0.360 e. The van der Waals surface area contributed by atoms with E-state index in [1.165, 1.54) is 23.5 Å². The number of halogens is 3. The highest BCUT2D eigenvalue weighted by Crippen LogP contribution is 2.34. The number of nitrogens with zero attached hydrogens (tertiary/aromatic N) is 2. The van der Waals surface area contributed by atoms with Gasteiger partial charge in [0.1, 0.15) is 5.69 Å². The number of carbonyl (C=O) groups excluding carboxylic acids is 1. The Bertz CT molecular complexity index is 1240. The molecule has 0 aliphatic rings. The van der Waals surface area contributed by atoms with Gasteiger partial charge in [-0.3, -0.25) is 9.78 Å². The van der Waals surface area contributed by atoms with Crippen molar-refractivity contribution in [2.45, 2.75) is 18.6 Å². The zero-order chi connectivity index (χ0) is 22.7. The zero-order valence-corrected chi connectivity index (χ0v) is 17.6. The molecule has 0 saturated carbocycles. The molecule has 0 amide bonds. The Morgan fingerprint density at radius 3 is 2.59 bits per heavy atom. The van der Waals surface area contributed by atoms with Crippen LogP contribution in [-0.4, -0.2) is 28.8 Å². The summed E-state index contributed by atoms with van der Waals surface area (Å²) in [6.45, 7) is 0.357. The molecule has 3 N–H and O–H groups in total. The summed E-state index contributed by atoms with van der Waals surface area (Å²) in [5, 5.41) is 5.70. The first kappa shape index (κ1) is 21.9. The van der Waals surface area contributed by atoms with E-state index in [1.54, 1.807) is 12.4 Å². The van der Waals surface area contributed by atoms with E-state index in [4.69, 9.17) is 5.73 Å². The van der Waals surface area contributed by atoms with Crippen LogP contribution >= 0.6 is 11.3 Å². The van der Waals surface area contributed by atoms with Gasteiger partial charge in [-0.2, -0.15) is 13.2 Å². The molecule has 0 unspecified atom stereocenters. The highest BCUT2D eigenvalue weighted by atomic mass is 32.1. The molecule has 164 valence electrons. The van der Waals surface area contributed by atoms with Gasteiger partial charge >= 0.3 is 6.18 Å². The number of hydrogen-bond donors (Lipinski definition) is 2. The van der Waals surface area contributed by atoms with Crippen LogP contribution in [0, 0.1) is 0 Å². The minimum absolute atomic E-state index is 0.335. The van der Waals surface area contributed by atoms with Gasteiger partial charge in [-0.25, -0.2) is 4.98 Å². The van der Waals surface area contributed by atoms with Gasteiger partial charge in [0.25, 0.3) is 0 Å². The molecule has 32 heavy (non-hydrogen) atoms. The van der Waals surface area contributed by atoms with Crippen LogP contribution in [0.4, 0.5) is 18.3 Å². The number of rotatable bonds is 7. The Hall–Kier alpha value is -3.30. The summed E-state index contributed by atoms with van der Waals surface area (Å²) in [6.07, 6.45) is 0.253. The van der Waals surface area contributed by atoms with Crippen LogP contribution in [0.5, 0.6) is 0 Å². The normalized spacial score (nSPS) is 12.6. The average molecular weight is 456 g/mol. The van der Waals surface area contributed by atoms with Gasteiger partial charge in [-0.05, 0) is 47.2 Å². The number of nitrogens with one attached hydrogen (secondary N) is 1. The highest BCUT2D eigenvalue weighted by molar-refractivity contribution is 7.19. The molecule has 0 saturated heterocycles. The predicted molar refractivity (Wildman–Crippen MR) is 120 cm³/mol. The molecule has 4 aromatic rings. The van der Waals surface area contributed by atoms with Gasteiger partial charge < -0.3 is 11.1 Å². The summed E-state index contributed by atoms with van der Waals surface area (Å²) in [4.78, 5) is 20.8. The molecule has 5 nitrogen and oxygen atoms in total. The molecule has 2 heterocycles. The number of nitrogens with two attached hydrogens (primary N) is 1. The van der Waals surface area contributed by atoms with Crippen molar-refractivity contribution in [3.05, 3.63) is 77.7 Å². The maximum Gasteiger partial charge on any atom is 0.416 e. The second kappa shape index (κ2) is 9.05. The first-order valence-electron chi connectivity index (χ1n) is 9.79. The molecular weight excluding hydrogens is 437 g/mol. The fourth-order valence-corrected chi connectivity index (χ4v) is 4.28. The Labute approximate surface area is 186 Å². The third-order valence-electron chi connectivity index (χ3n) is 4.96. The van der Waals surface area contributed by atoms with Crippen molar-refractivity contribution in [1.82, 2.24) is 9.97 Å². The molecule has 0 aliphatic carbocycles. The first-order chi connectivity index (χ1) is 15.3. The van der Waals surface area contributed by atoms with Crippen molar-refractivity contribution in [1.29, 1.82) is 0 Å². The van der Waals surface area contributed by atoms with Gasteiger partial charge in [-0.1, -0.05) is 35.6 Å². The number of carbonyl (C=O) groups is 1. The summed E-state index contributed by atoms with van der Waals surface area (Å²) in [7, 11) is 0. The number of aldehydes is 1. The minimum atomic E-state index is -4.36. The molecule has 0 spiro atoms. The Balaban J connectivity index is 1.43. The molecule has 9 heteroatoms. The molecule has 0 fully saturated rings. The van der Waals surface area contributed by atoms with E-state index in [9.17, 15) is 18.0 Å². The number of hydrogen-bond acceptors (Lipinski definition) is 6. The number of anilines is 1. The molecule has 4 rings (SSSR count). The van der Waals surface area contributed by atoms with E-state index in [1.807, 2.05) is 24.3 Å². The number of aromatic nitrogens is 2. The van der Waals surface area contributed by atoms with Gasteiger partial charge in [0.2, 0.25) is 0 Å². The number of alkyl halides is 3. The standard InChI is InChI=1S/C23H19F3N4OS/c24-23(25,26)18-5-1-14(2-6-18)9-19(27)12-29-22-30-20(13-31)21(32-22)16-3-4-17-11-28-8-7-15(17)10-16/h1-8,10-11,13,19H,9,12,27H2,(H,29,30)/t19-/m0/s1. The Morgan fingerprint density at radius 2 is 1.88 bits per heavy atom. The fourth-order valence-electron chi connectivity index (χ4n) is 3.34. The second-order valence-corrected chi connectivity index (χ2v) is 8.33. The smallest absolute Gasteiger partial charge is 0.360 e. The maximum absolute atomic E-state index is 12.7. The van der Waals surface area contributed by atoms with Gasteiger partial charge in [-0.15, -0.1) is 0 Å². The number of thiazole rings is 1. The van der Waals surface area contributed by atoms with Gasteiger partial charge in [0.15, 0.2) is 11.4 Å². The van der Waals surface area contributed by atoms with Crippen LogP contribution < -0.4 is 11.1 Å². The topological polar surface area (TPSA) is 80.9 Å². The quantitative estimate of drug-likeness (QED) is 0.375. The molecule has 0 radical (unpaired) electrons. The maximum atomic E-state index is 12.7. The van der Waals surface area contributed by atoms with Crippen LogP contribution in [0.25, 0.3) is 21.2 Å². The van der Waals surface area contributed by atoms with E-state index < -0.39 is 11.7 Å². The lowest BCUT2D eigenvalue weighted by Gasteiger charge is -2.13. The van der Waals surface area contributed by atoms with E-state index in [0.29, 0.717) is 29.4 Å². The van der Waals surface area contributed by atoms with Crippen LogP contribution in [0.15, 0.2) is 60.9 Å². The van der Waals surface area contributed by atoms with Gasteiger partial charge in [0.05, 0.1) is 10.4 Å². The number of benzene rings is 2. The first-order valence-corrected chi connectivity index (χ1v) is 10.6. The average Bonchev–Trinajstić information content (AvgIpc) is 3.20. The van der Waals surface area contributed by atoms with Crippen molar-refractivity contribution in [3.63, 3.8) is 0 Å². The summed E-state index contributed by atoms with van der Waals surface area (Å²) >= 11 is 1.35. The van der Waals surface area contributed by atoms with E-state index in [-0.39, 0.29) is 6.04 Å². The summed E-state index contributed by atoms with van der Waals surface area (Å²) in [6, 6.07) is 12.4. The van der Waals surface area contributed by atoms with Crippen LogP contribution in [0.3, 0.4) is 0 Å².